The molecule has 1 amide bonds. The van der Waals surface area contributed by atoms with Gasteiger partial charge >= 0.3 is 5.97 Å². The lowest BCUT2D eigenvalue weighted by Gasteiger charge is -2.29. The van der Waals surface area contributed by atoms with Crippen molar-refractivity contribution in [3.8, 4) is 0 Å². The van der Waals surface area contributed by atoms with Crippen LogP contribution < -0.4 is 5.32 Å². The molecule has 1 atom stereocenters. The molecule has 2 N–H and O–H groups in total. The first-order chi connectivity index (χ1) is 13.3. The number of ether oxygens (including phenoxy) is 3. The number of nitro benzene ring substituents is 1. The zero-order chi connectivity index (χ0) is 20.8. The molecule has 10 heteroatoms. The standard InChI is InChI=1S/C18H20N2O8/c1-10-13(18(23)28-8-7-26-2)14(15(16(21)19-10)17(22)27-3)11-5-4-6-12(9-11)20(24)25/h4-6,9,14,22H,7-8H2,1-3H3,(H,19,21). The third-order valence-electron chi connectivity index (χ3n) is 4.11. The molecular formula is C18H20N2O8. The van der Waals surface area contributed by atoms with Crippen LogP contribution in [0.3, 0.4) is 0 Å². The van der Waals surface area contributed by atoms with Gasteiger partial charge in [0, 0.05) is 24.9 Å². The summed E-state index contributed by atoms with van der Waals surface area (Å²) in [4.78, 5) is 35.7. The number of hydrogen-bond donors (Lipinski definition) is 2. The summed E-state index contributed by atoms with van der Waals surface area (Å²) >= 11 is 0. The number of nitrogens with one attached hydrogen (secondary N) is 1. The number of amides is 1. The number of rotatable bonds is 7. The van der Waals surface area contributed by atoms with E-state index in [-0.39, 0.29) is 41.3 Å². The zero-order valence-corrected chi connectivity index (χ0v) is 15.6. The van der Waals surface area contributed by atoms with E-state index in [9.17, 15) is 24.8 Å². The third kappa shape index (κ3) is 4.29. The third-order valence-corrected chi connectivity index (χ3v) is 4.11. The minimum absolute atomic E-state index is 0.0230. The van der Waals surface area contributed by atoms with Gasteiger partial charge in [-0.25, -0.2) is 4.79 Å². The van der Waals surface area contributed by atoms with Crippen LogP contribution >= 0.6 is 0 Å². The number of esters is 1. The Morgan fingerprint density at radius 1 is 1.32 bits per heavy atom. The molecule has 150 valence electrons. The van der Waals surface area contributed by atoms with E-state index < -0.39 is 28.7 Å². The summed E-state index contributed by atoms with van der Waals surface area (Å²) in [6.45, 7) is 1.63. The molecule has 1 aliphatic rings. The molecule has 28 heavy (non-hydrogen) atoms. The number of nitrogens with zero attached hydrogens (tertiary/aromatic N) is 1. The number of hydrogen-bond acceptors (Lipinski definition) is 8. The van der Waals surface area contributed by atoms with Crippen LogP contribution in [0.25, 0.3) is 0 Å². The summed E-state index contributed by atoms with van der Waals surface area (Å²) in [5.74, 6) is -3.28. The number of benzene rings is 1. The van der Waals surface area contributed by atoms with Crippen LogP contribution in [0.5, 0.6) is 0 Å². The number of carbonyl (C=O) groups excluding carboxylic acids is 2. The molecule has 0 spiro atoms. The van der Waals surface area contributed by atoms with Gasteiger partial charge in [-0.3, -0.25) is 14.9 Å². The van der Waals surface area contributed by atoms with Crippen molar-refractivity contribution in [3.63, 3.8) is 0 Å². The highest BCUT2D eigenvalue weighted by atomic mass is 16.6. The van der Waals surface area contributed by atoms with E-state index >= 15 is 0 Å². The first kappa shape index (κ1) is 20.9. The summed E-state index contributed by atoms with van der Waals surface area (Å²) in [7, 11) is 2.60. The number of nitro groups is 1. The van der Waals surface area contributed by atoms with Crippen LogP contribution in [0.1, 0.15) is 18.4 Å². The fourth-order valence-corrected chi connectivity index (χ4v) is 2.85. The normalized spacial score (nSPS) is 18.4. The lowest BCUT2D eigenvalue weighted by molar-refractivity contribution is -0.384. The molecular weight excluding hydrogens is 372 g/mol. The van der Waals surface area contributed by atoms with Gasteiger partial charge in [-0.05, 0) is 12.5 Å². The summed E-state index contributed by atoms with van der Waals surface area (Å²) < 4.78 is 14.8. The lowest BCUT2D eigenvalue weighted by Crippen LogP contribution is -2.37. The summed E-state index contributed by atoms with van der Waals surface area (Å²) in [6.07, 6.45) is 0. The summed E-state index contributed by atoms with van der Waals surface area (Å²) in [5, 5.41) is 23.8. The van der Waals surface area contributed by atoms with Gasteiger partial charge in [-0.1, -0.05) is 12.1 Å². The lowest BCUT2D eigenvalue weighted by atomic mass is 9.80. The number of allylic oxidation sites excluding steroid dienone is 1. The average molecular weight is 392 g/mol. The minimum Gasteiger partial charge on any atom is -0.481 e. The molecule has 1 heterocycles. The molecule has 0 aliphatic carbocycles. The Morgan fingerprint density at radius 2 is 2.04 bits per heavy atom. The molecule has 0 fully saturated rings. The maximum atomic E-state index is 12.7. The SMILES string of the molecule is COCCOC(=O)C1=C(C)NC(=O)C(=C(O)OC)C1c1cccc([N+](=O)[O-])c1. The molecule has 1 unspecified atom stereocenters. The number of carbonyl (C=O) groups is 2. The molecule has 10 nitrogen and oxygen atoms in total. The van der Waals surface area contributed by atoms with Crippen LogP contribution in [0.15, 0.2) is 47.1 Å². The van der Waals surface area contributed by atoms with Crippen molar-refractivity contribution in [2.75, 3.05) is 27.4 Å². The molecule has 0 aromatic heterocycles. The Kier molecular flexibility index (Phi) is 6.72. The number of methoxy groups -OCH3 is 2. The maximum absolute atomic E-state index is 12.7. The van der Waals surface area contributed by atoms with Crippen LogP contribution in [-0.2, 0) is 23.8 Å². The Hall–Kier alpha value is -3.40. The highest BCUT2D eigenvalue weighted by molar-refractivity contribution is 6.04. The van der Waals surface area contributed by atoms with Crippen molar-refractivity contribution in [2.45, 2.75) is 12.8 Å². The molecule has 1 aliphatic heterocycles. The van der Waals surface area contributed by atoms with Gasteiger partial charge in [0.2, 0.25) is 0 Å². The molecule has 0 saturated carbocycles. The topological polar surface area (TPSA) is 137 Å². The number of aliphatic hydroxyl groups excluding tert-OH is 1. The maximum Gasteiger partial charge on any atom is 0.336 e. The molecule has 0 radical (unpaired) electrons. The Balaban J connectivity index is 2.64. The molecule has 1 aromatic rings. The Bertz CT molecular complexity index is 859. The van der Waals surface area contributed by atoms with Gasteiger partial charge in [0.1, 0.15) is 12.2 Å². The van der Waals surface area contributed by atoms with E-state index in [4.69, 9.17) is 14.2 Å². The summed E-state index contributed by atoms with van der Waals surface area (Å²) in [5.41, 5.74) is -0.0103. The second-order valence-corrected chi connectivity index (χ2v) is 5.83. The van der Waals surface area contributed by atoms with Gasteiger partial charge < -0.3 is 24.6 Å². The van der Waals surface area contributed by atoms with Crippen molar-refractivity contribution < 1.29 is 33.8 Å². The van der Waals surface area contributed by atoms with Crippen molar-refractivity contribution >= 4 is 17.6 Å². The van der Waals surface area contributed by atoms with Gasteiger partial charge in [0.25, 0.3) is 17.5 Å². The first-order valence-electron chi connectivity index (χ1n) is 8.21. The fraction of sp³-hybridized carbons (Fsp3) is 0.333. The molecule has 1 aromatic carbocycles. The Labute approximate surface area is 160 Å². The monoisotopic (exact) mass is 392 g/mol. The molecule has 0 saturated heterocycles. The van der Waals surface area contributed by atoms with Crippen molar-refractivity contribution in [3.05, 3.63) is 62.7 Å². The smallest absolute Gasteiger partial charge is 0.336 e. The highest BCUT2D eigenvalue weighted by Gasteiger charge is 2.40. The zero-order valence-electron chi connectivity index (χ0n) is 15.6. The van der Waals surface area contributed by atoms with E-state index in [2.05, 4.69) is 5.32 Å². The predicted molar refractivity (Wildman–Crippen MR) is 96.2 cm³/mol. The van der Waals surface area contributed by atoms with Gasteiger partial charge in [-0.2, -0.15) is 0 Å². The molecule has 2 rings (SSSR count). The van der Waals surface area contributed by atoms with Crippen molar-refractivity contribution in [2.24, 2.45) is 0 Å². The highest BCUT2D eigenvalue weighted by Crippen LogP contribution is 2.39. The minimum atomic E-state index is -1.12. The van der Waals surface area contributed by atoms with Crippen LogP contribution in [0.2, 0.25) is 0 Å². The fourth-order valence-electron chi connectivity index (χ4n) is 2.85. The second-order valence-electron chi connectivity index (χ2n) is 5.83. The predicted octanol–water partition coefficient (Wildman–Crippen LogP) is 1.69. The van der Waals surface area contributed by atoms with Gasteiger partial charge in [0.15, 0.2) is 0 Å². The molecule has 0 bridgehead atoms. The van der Waals surface area contributed by atoms with E-state index in [1.54, 1.807) is 0 Å². The second kappa shape index (κ2) is 9.00. The van der Waals surface area contributed by atoms with Crippen LogP contribution in [0.4, 0.5) is 5.69 Å². The van der Waals surface area contributed by atoms with E-state index in [1.807, 2.05) is 0 Å². The number of aliphatic hydroxyl groups is 1. The van der Waals surface area contributed by atoms with E-state index in [1.165, 1.54) is 38.3 Å². The first-order valence-corrected chi connectivity index (χ1v) is 8.21. The van der Waals surface area contributed by atoms with Gasteiger partial charge in [-0.15, -0.1) is 0 Å². The van der Waals surface area contributed by atoms with Crippen molar-refractivity contribution in [1.82, 2.24) is 5.32 Å². The van der Waals surface area contributed by atoms with Crippen LogP contribution in [0, 0.1) is 10.1 Å². The quantitative estimate of drug-likeness (QED) is 0.179. The van der Waals surface area contributed by atoms with Crippen LogP contribution in [-0.4, -0.2) is 49.3 Å². The average Bonchev–Trinajstić information content (AvgIpc) is 2.67. The largest absolute Gasteiger partial charge is 0.481 e. The Morgan fingerprint density at radius 3 is 2.64 bits per heavy atom. The van der Waals surface area contributed by atoms with Crippen molar-refractivity contribution in [1.29, 1.82) is 0 Å². The van der Waals surface area contributed by atoms with E-state index in [0.717, 1.165) is 7.11 Å². The van der Waals surface area contributed by atoms with E-state index in [0.29, 0.717) is 0 Å². The number of non-ortho nitro benzene ring substituents is 1. The van der Waals surface area contributed by atoms with Gasteiger partial charge in [0.05, 0.1) is 30.1 Å². The summed E-state index contributed by atoms with van der Waals surface area (Å²) in [6, 6.07) is 5.43.